The van der Waals surface area contributed by atoms with Crippen LogP contribution in [-0.4, -0.2) is 11.0 Å². The first-order valence-electron chi connectivity index (χ1n) is 7.12. The van der Waals surface area contributed by atoms with Gasteiger partial charge in [0, 0.05) is 23.3 Å². The minimum Gasteiger partial charge on any atom is -0.308 e. The Morgan fingerprint density at radius 1 is 1.20 bits per heavy atom. The predicted molar refractivity (Wildman–Crippen MR) is 83.0 cm³/mol. The van der Waals surface area contributed by atoms with Crippen molar-refractivity contribution in [3.8, 4) is 0 Å². The molecular formula is C17H19ClN2. The van der Waals surface area contributed by atoms with E-state index in [0.717, 1.165) is 23.0 Å². The lowest BCUT2D eigenvalue weighted by Gasteiger charge is -2.36. The molecule has 1 N–H and O–H groups in total. The van der Waals surface area contributed by atoms with Crippen LogP contribution in [-0.2, 0) is 6.54 Å². The van der Waals surface area contributed by atoms with Gasteiger partial charge < -0.3 is 5.32 Å². The van der Waals surface area contributed by atoms with Crippen LogP contribution in [0, 0.1) is 6.92 Å². The van der Waals surface area contributed by atoms with Gasteiger partial charge in [0.1, 0.15) is 0 Å². The van der Waals surface area contributed by atoms with Crippen molar-refractivity contribution in [1.29, 1.82) is 0 Å². The lowest BCUT2D eigenvalue weighted by molar-refractivity contribution is 0.288. The Hall–Kier alpha value is -1.38. The lowest BCUT2D eigenvalue weighted by Crippen LogP contribution is -2.39. The SMILES string of the molecule is Cc1cccc(CNC2CC(c3cccc(Cl)c3)C2)n1. The highest BCUT2D eigenvalue weighted by atomic mass is 35.5. The maximum Gasteiger partial charge on any atom is 0.0544 e. The fraction of sp³-hybridized carbons (Fsp3) is 0.353. The van der Waals surface area contributed by atoms with Crippen molar-refractivity contribution in [1.82, 2.24) is 10.3 Å². The summed E-state index contributed by atoms with van der Waals surface area (Å²) in [6.45, 7) is 2.89. The van der Waals surface area contributed by atoms with E-state index in [-0.39, 0.29) is 0 Å². The predicted octanol–water partition coefficient (Wildman–Crippen LogP) is 4.08. The van der Waals surface area contributed by atoms with E-state index < -0.39 is 0 Å². The van der Waals surface area contributed by atoms with Crippen molar-refractivity contribution in [2.45, 2.75) is 38.3 Å². The number of benzene rings is 1. The standard InChI is InChI=1S/C17H19ClN2/c1-12-4-2-7-16(20-12)11-19-17-9-14(10-17)13-5-3-6-15(18)8-13/h2-8,14,17,19H,9-11H2,1H3. The third-order valence-electron chi connectivity index (χ3n) is 3.98. The average molecular weight is 287 g/mol. The Bertz CT molecular complexity index is 588. The normalized spacial score (nSPS) is 21.5. The molecule has 0 saturated heterocycles. The summed E-state index contributed by atoms with van der Waals surface area (Å²) in [5, 5.41) is 4.42. The fourth-order valence-corrected chi connectivity index (χ4v) is 2.96. The summed E-state index contributed by atoms with van der Waals surface area (Å²) in [7, 11) is 0. The summed E-state index contributed by atoms with van der Waals surface area (Å²) in [5.74, 6) is 0.650. The van der Waals surface area contributed by atoms with Gasteiger partial charge in [-0.2, -0.15) is 0 Å². The summed E-state index contributed by atoms with van der Waals surface area (Å²) in [6, 6.07) is 15.0. The largest absolute Gasteiger partial charge is 0.308 e. The van der Waals surface area contributed by atoms with Crippen LogP contribution in [0.15, 0.2) is 42.5 Å². The van der Waals surface area contributed by atoms with Gasteiger partial charge in [0.05, 0.1) is 5.69 Å². The molecule has 104 valence electrons. The highest BCUT2D eigenvalue weighted by Gasteiger charge is 2.29. The second kappa shape index (κ2) is 5.94. The number of hydrogen-bond acceptors (Lipinski definition) is 2. The first kappa shape index (κ1) is 13.6. The highest BCUT2D eigenvalue weighted by Crippen LogP contribution is 2.37. The smallest absolute Gasteiger partial charge is 0.0544 e. The van der Waals surface area contributed by atoms with Gasteiger partial charge in [-0.05, 0) is 55.5 Å². The second-order valence-electron chi connectivity index (χ2n) is 5.57. The summed E-state index contributed by atoms with van der Waals surface area (Å²) in [6.07, 6.45) is 2.37. The Labute approximate surface area is 125 Å². The van der Waals surface area contributed by atoms with E-state index in [1.165, 1.54) is 18.4 Å². The molecule has 1 aliphatic carbocycles. The van der Waals surface area contributed by atoms with Crippen molar-refractivity contribution in [2.75, 3.05) is 0 Å². The number of nitrogens with one attached hydrogen (secondary N) is 1. The first-order valence-corrected chi connectivity index (χ1v) is 7.50. The van der Waals surface area contributed by atoms with Crippen molar-refractivity contribution >= 4 is 11.6 Å². The molecule has 1 fully saturated rings. The average Bonchev–Trinajstić information content (AvgIpc) is 2.37. The maximum atomic E-state index is 6.04. The van der Waals surface area contributed by atoms with Crippen LogP contribution in [0.4, 0.5) is 0 Å². The summed E-state index contributed by atoms with van der Waals surface area (Å²) >= 11 is 6.04. The third kappa shape index (κ3) is 3.20. The molecule has 3 heteroatoms. The molecule has 1 aromatic carbocycles. The number of hydrogen-bond donors (Lipinski definition) is 1. The van der Waals surface area contributed by atoms with Gasteiger partial charge in [-0.3, -0.25) is 4.98 Å². The van der Waals surface area contributed by atoms with E-state index >= 15 is 0 Å². The van der Waals surface area contributed by atoms with Crippen LogP contribution in [0.2, 0.25) is 5.02 Å². The fourth-order valence-electron chi connectivity index (χ4n) is 2.76. The van der Waals surface area contributed by atoms with Crippen molar-refractivity contribution in [3.63, 3.8) is 0 Å². The quantitative estimate of drug-likeness (QED) is 0.916. The molecule has 0 unspecified atom stereocenters. The Balaban J connectivity index is 1.49. The minimum absolute atomic E-state index is 0.598. The van der Waals surface area contributed by atoms with Crippen LogP contribution in [0.1, 0.15) is 35.7 Å². The van der Waals surface area contributed by atoms with Crippen LogP contribution in [0.5, 0.6) is 0 Å². The highest BCUT2D eigenvalue weighted by molar-refractivity contribution is 6.30. The third-order valence-corrected chi connectivity index (χ3v) is 4.21. The number of rotatable bonds is 4. The number of pyridine rings is 1. The minimum atomic E-state index is 0.598. The molecule has 1 saturated carbocycles. The molecule has 1 aromatic heterocycles. The van der Waals surface area contributed by atoms with E-state index in [4.69, 9.17) is 11.6 Å². The molecule has 3 rings (SSSR count). The van der Waals surface area contributed by atoms with Crippen molar-refractivity contribution < 1.29 is 0 Å². The van der Waals surface area contributed by atoms with E-state index in [9.17, 15) is 0 Å². The molecule has 0 amide bonds. The summed E-state index contributed by atoms with van der Waals surface area (Å²) < 4.78 is 0. The van der Waals surface area contributed by atoms with Crippen LogP contribution >= 0.6 is 11.6 Å². The first-order chi connectivity index (χ1) is 9.70. The van der Waals surface area contributed by atoms with Gasteiger partial charge in [0.25, 0.3) is 0 Å². The molecule has 2 aromatic rings. The number of halogens is 1. The van der Waals surface area contributed by atoms with E-state index in [1.807, 2.05) is 25.1 Å². The molecule has 0 radical (unpaired) electrons. The Kier molecular flexibility index (Phi) is 4.04. The van der Waals surface area contributed by atoms with Gasteiger partial charge >= 0.3 is 0 Å². The topological polar surface area (TPSA) is 24.9 Å². The maximum absolute atomic E-state index is 6.04. The van der Waals surface area contributed by atoms with Gasteiger partial charge in [-0.1, -0.05) is 29.8 Å². The Morgan fingerprint density at radius 2 is 2.00 bits per heavy atom. The van der Waals surface area contributed by atoms with E-state index in [1.54, 1.807) is 0 Å². The van der Waals surface area contributed by atoms with Gasteiger partial charge in [-0.15, -0.1) is 0 Å². The summed E-state index contributed by atoms with van der Waals surface area (Å²) in [5.41, 5.74) is 3.56. The molecule has 0 atom stereocenters. The molecule has 20 heavy (non-hydrogen) atoms. The molecular weight excluding hydrogens is 268 g/mol. The monoisotopic (exact) mass is 286 g/mol. The number of nitrogens with zero attached hydrogens (tertiary/aromatic N) is 1. The van der Waals surface area contributed by atoms with Gasteiger partial charge in [0.15, 0.2) is 0 Å². The molecule has 1 aliphatic rings. The summed E-state index contributed by atoms with van der Waals surface area (Å²) in [4.78, 5) is 4.51. The second-order valence-corrected chi connectivity index (χ2v) is 6.01. The van der Waals surface area contributed by atoms with Gasteiger partial charge in [0.2, 0.25) is 0 Å². The number of aryl methyl sites for hydroxylation is 1. The lowest BCUT2D eigenvalue weighted by atomic mass is 9.76. The number of aromatic nitrogens is 1. The Morgan fingerprint density at radius 3 is 2.75 bits per heavy atom. The molecule has 1 heterocycles. The van der Waals surface area contributed by atoms with Crippen molar-refractivity contribution in [2.24, 2.45) is 0 Å². The van der Waals surface area contributed by atoms with Gasteiger partial charge in [-0.25, -0.2) is 0 Å². The zero-order chi connectivity index (χ0) is 13.9. The van der Waals surface area contributed by atoms with Crippen LogP contribution in [0.25, 0.3) is 0 Å². The van der Waals surface area contributed by atoms with E-state index in [2.05, 4.69) is 34.6 Å². The zero-order valence-electron chi connectivity index (χ0n) is 11.6. The van der Waals surface area contributed by atoms with Crippen LogP contribution in [0.3, 0.4) is 0 Å². The molecule has 0 aliphatic heterocycles. The van der Waals surface area contributed by atoms with Crippen LogP contribution < -0.4 is 5.32 Å². The molecule has 0 bridgehead atoms. The zero-order valence-corrected chi connectivity index (χ0v) is 12.4. The van der Waals surface area contributed by atoms with Crippen molar-refractivity contribution in [3.05, 3.63) is 64.4 Å². The molecule has 2 nitrogen and oxygen atoms in total. The molecule has 0 spiro atoms. The van der Waals surface area contributed by atoms with E-state index in [0.29, 0.717) is 12.0 Å².